The smallest absolute Gasteiger partial charge is 0.324 e. The molecule has 1 N–H and O–H groups in total. The van der Waals surface area contributed by atoms with Crippen LogP contribution in [0.5, 0.6) is 5.75 Å². The molecule has 2 atom stereocenters. The van der Waals surface area contributed by atoms with Gasteiger partial charge < -0.3 is 9.64 Å². The maximum Gasteiger partial charge on any atom is 0.324 e. The minimum absolute atomic E-state index is 0.0106. The first kappa shape index (κ1) is 23.6. The minimum atomic E-state index is -3.58. The van der Waals surface area contributed by atoms with Crippen molar-refractivity contribution in [2.24, 2.45) is 0 Å². The molecule has 1 amide bonds. The number of halogens is 2. The molecule has 0 spiro atoms. The number of sulfonamides is 1. The van der Waals surface area contributed by atoms with Crippen LogP contribution in [0.3, 0.4) is 0 Å². The third-order valence-electron chi connectivity index (χ3n) is 6.18. The summed E-state index contributed by atoms with van der Waals surface area (Å²) in [6.07, 6.45) is 1.60. The number of carbonyl (C=O) groups is 1. The predicted octanol–water partition coefficient (Wildman–Crippen LogP) is 3.61. The van der Waals surface area contributed by atoms with Gasteiger partial charge in [-0.25, -0.2) is 13.1 Å². The van der Waals surface area contributed by atoms with E-state index in [4.69, 9.17) is 4.74 Å². The van der Waals surface area contributed by atoms with E-state index in [0.717, 1.165) is 22.9 Å². The van der Waals surface area contributed by atoms with E-state index >= 15 is 0 Å². The number of nitrogens with one attached hydrogen (secondary N) is 1. The minimum Gasteiger partial charge on any atom is -0.493 e. The second kappa shape index (κ2) is 9.38. The van der Waals surface area contributed by atoms with E-state index in [1.807, 2.05) is 42.5 Å². The van der Waals surface area contributed by atoms with Crippen molar-refractivity contribution in [3.63, 3.8) is 0 Å². The first-order chi connectivity index (χ1) is 15.6. The molecule has 1 saturated heterocycles. The van der Waals surface area contributed by atoms with Gasteiger partial charge in [-0.2, -0.15) is 8.78 Å². The molecule has 2 aliphatic heterocycles. The van der Waals surface area contributed by atoms with Crippen LogP contribution in [-0.2, 0) is 21.2 Å². The molecule has 6 nitrogen and oxygen atoms in total. The summed E-state index contributed by atoms with van der Waals surface area (Å²) in [4.78, 5) is 14.1. The lowest BCUT2D eigenvalue weighted by Crippen LogP contribution is -2.60. The Morgan fingerprint density at radius 2 is 1.91 bits per heavy atom. The highest BCUT2D eigenvalue weighted by molar-refractivity contribution is 7.88. The second-order valence-electron chi connectivity index (χ2n) is 8.76. The quantitative estimate of drug-likeness (QED) is 0.716. The molecule has 33 heavy (non-hydrogen) atoms. The first-order valence-corrected chi connectivity index (χ1v) is 13.0. The fourth-order valence-corrected chi connectivity index (χ4v) is 5.53. The van der Waals surface area contributed by atoms with Crippen LogP contribution in [0.1, 0.15) is 31.2 Å². The number of nitrogens with zero attached hydrogens (tertiary/aromatic N) is 1. The van der Waals surface area contributed by atoms with E-state index in [0.29, 0.717) is 18.6 Å². The number of para-hydroxylation sites is 1. The molecule has 2 aliphatic rings. The summed E-state index contributed by atoms with van der Waals surface area (Å²) >= 11 is 0. The SMILES string of the molecule is CS(=O)(=O)NC1CCCN2C(=O)C(F)(F)CCCOc3ccccc3-c3cccc(c3)CC12. The van der Waals surface area contributed by atoms with Gasteiger partial charge in [-0.3, -0.25) is 4.79 Å². The Kier molecular flexibility index (Phi) is 6.72. The van der Waals surface area contributed by atoms with Crippen molar-refractivity contribution in [1.29, 1.82) is 0 Å². The predicted molar refractivity (Wildman–Crippen MR) is 122 cm³/mol. The molecule has 0 saturated carbocycles. The van der Waals surface area contributed by atoms with Gasteiger partial charge in [-0.05, 0) is 42.9 Å². The van der Waals surface area contributed by atoms with Gasteiger partial charge in [0.05, 0.1) is 18.9 Å². The van der Waals surface area contributed by atoms with Crippen molar-refractivity contribution in [3.8, 4) is 16.9 Å². The largest absolute Gasteiger partial charge is 0.493 e. The topological polar surface area (TPSA) is 75.7 Å². The van der Waals surface area contributed by atoms with Gasteiger partial charge in [0.2, 0.25) is 10.0 Å². The van der Waals surface area contributed by atoms with E-state index < -0.39 is 40.4 Å². The molecule has 4 rings (SSSR count). The Morgan fingerprint density at radius 1 is 1.12 bits per heavy atom. The summed E-state index contributed by atoms with van der Waals surface area (Å²) in [5.41, 5.74) is 2.59. The maximum absolute atomic E-state index is 14.9. The van der Waals surface area contributed by atoms with Crippen LogP contribution >= 0.6 is 0 Å². The van der Waals surface area contributed by atoms with Gasteiger partial charge in [0, 0.05) is 24.6 Å². The molecular weight excluding hydrogens is 450 g/mol. The molecule has 2 aromatic carbocycles. The Hall–Kier alpha value is -2.52. The first-order valence-electron chi connectivity index (χ1n) is 11.1. The van der Waals surface area contributed by atoms with E-state index in [1.165, 1.54) is 4.90 Å². The maximum atomic E-state index is 14.9. The number of amides is 1. The number of piperidine rings is 1. The number of ether oxygens (including phenoxy) is 1. The van der Waals surface area contributed by atoms with Crippen molar-refractivity contribution in [2.75, 3.05) is 19.4 Å². The van der Waals surface area contributed by atoms with Crippen LogP contribution in [0.4, 0.5) is 8.78 Å². The third-order valence-corrected chi connectivity index (χ3v) is 6.91. The summed E-state index contributed by atoms with van der Waals surface area (Å²) < 4.78 is 62.2. The van der Waals surface area contributed by atoms with Crippen LogP contribution in [0.2, 0.25) is 0 Å². The number of benzene rings is 2. The number of carbonyl (C=O) groups excluding carboxylic acids is 1. The van der Waals surface area contributed by atoms with Gasteiger partial charge in [0.1, 0.15) is 5.75 Å². The van der Waals surface area contributed by atoms with E-state index in [2.05, 4.69) is 4.72 Å². The van der Waals surface area contributed by atoms with Crippen molar-refractivity contribution < 1.29 is 26.7 Å². The van der Waals surface area contributed by atoms with Crippen LogP contribution in [-0.4, -0.2) is 56.6 Å². The second-order valence-corrected chi connectivity index (χ2v) is 10.5. The third kappa shape index (κ3) is 5.52. The molecule has 2 aromatic rings. The zero-order valence-electron chi connectivity index (χ0n) is 18.5. The molecular formula is C24H28F2N2O4S. The average Bonchev–Trinajstić information content (AvgIpc) is 2.76. The molecule has 0 aromatic heterocycles. The van der Waals surface area contributed by atoms with Crippen molar-refractivity contribution >= 4 is 15.9 Å². The molecule has 1 fully saturated rings. The zero-order chi connectivity index (χ0) is 23.6. The molecule has 178 valence electrons. The summed E-state index contributed by atoms with van der Waals surface area (Å²) in [6, 6.07) is 13.7. The van der Waals surface area contributed by atoms with Crippen molar-refractivity contribution in [1.82, 2.24) is 9.62 Å². The van der Waals surface area contributed by atoms with Crippen LogP contribution in [0, 0.1) is 0 Å². The summed E-state index contributed by atoms with van der Waals surface area (Å²) in [7, 11) is -3.58. The molecule has 0 radical (unpaired) electrons. The molecule has 2 bridgehead atoms. The number of rotatable bonds is 2. The fourth-order valence-electron chi connectivity index (χ4n) is 4.71. The van der Waals surface area contributed by atoms with Crippen LogP contribution in [0.25, 0.3) is 11.1 Å². The summed E-state index contributed by atoms with van der Waals surface area (Å²) in [5, 5.41) is 0. The Labute approximate surface area is 193 Å². The Morgan fingerprint density at radius 3 is 2.70 bits per heavy atom. The van der Waals surface area contributed by atoms with Gasteiger partial charge in [0.15, 0.2) is 0 Å². The van der Waals surface area contributed by atoms with Gasteiger partial charge in [-0.1, -0.05) is 42.5 Å². The highest BCUT2D eigenvalue weighted by Gasteiger charge is 2.46. The summed E-state index contributed by atoms with van der Waals surface area (Å²) in [6.45, 7) is 0.224. The standard InChI is InChI=1S/C24H28F2N2O4S/c1-33(30,31)27-20-10-5-13-28-21(20)16-17-7-4-8-18(15-17)19-9-2-3-11-22(19)32-14-6-12-24(25,26)23(28)29/h2-4,7-9,11,15,20-21,27H,5-6,10,12-14,16H2,1H3. The number of alkyl halides is 2. The lowest BCUT2D eigenvalue weighted by molar-refractivity contribution is -0.163. The van der Waals surface area contributed by atoms with Crippen LogP contribution < -0.4 is 9.46 Å². The zero-order valence-corrected chi connectivity index (χ0v) is 19.3. The van der Waals surface area contributed by atoms with E-state index in [-0.39, 0.29) is 26.0 Å². The Bertz CT molecular complexity index is 1120. The van der Waals surface area contributed by atoms with Gasteiger partial charge in [-0.15, -0.1) is 0 Å². The number of fused-ring (bicyclic) bond motifs is 5. The summed E-state index contributed by atoms with van der Waals surface area (Å²) in [5.74, 6) is -4.21. The van der Waals surface area contributed by atoms with E-state index in [9.17, 15) is 22.0 Å². The van der Waals surface area contributed by atoms with Crippen molar-refractivity contribution in [3.05, 3.63) is 54.1 Å². The molecule has 2 unspecified atom stereocenters. The van der Waals surface area contributed by atoms with E-state index in [1.54, 1.807) is 6.07 Å². The number of hydrogen-bond donors (Lipinski definition) is 1. The lowest BCUT2D eigenvalue weighted by Gasteiger charge is -2.42. The van der Waals surface area contributed by atoms with Crippen molar-refractivity contribution in [2.45, 2.75) is 50.1 Å². The molecule has 9 heteroatoms. The average molecular weight is 479 g/mol. The van der Waals surface area contributed by atoms with Gasteiger partial charge >= 0.3 is 5.92 Å². The fraction of sp³-hybridized carbons (Fsp3) is 0.458. The van der Waals surface area contributed by atoms with Gasteiger partial charge in [0.25, 0.3) is 5.91 Å². The highest BCUT2D eigenvalue weighted by Crippen LogP contribution is 2.34. The number of hydrogen-bond acceptors (Lipinski definition) is 4. The lowest BCUT2D eigenvalue weighted by atomic mass is 9.89. The monoisotopic (exact) mass is 478 g/mol. The molecule has 2 heterocycles. The normalized spacial score (nSPS) is 23.6. The Balaban J connectivity index is 1.78. The van der Waals surface area contributed by atoms with Crippen LogP contribution in [0.15, 0.2) is 48.5 Å². The highest BCUT2D eigenvalue weighted by atomic mass is 32.2. The molecule has 0 aliphatic carbocycles.